The fraction of sp³-hybridized carbons (Fsp3) is 0.379. The number of hydrogen-bond acceptors (Lipinski definition) is 7. The Hall–Kier alpha value is -3.79. The average molecular weight is 552 g/mol. The quantitative estimate of drug-likeness (QED) is 0.451. The molecule has 0 atom stereocenters. The van der Waals surface area contributed by atoms with E-state index in [0.717, 1.165) is 59.3 Å². The Balaban J connectivity index is 1.43. The van der Waals surface area contributed by atoms with Crippen LogP contribution in [0.5, 0.6) is 11.5 Å². The van der Waals surface area contributed by atoms with Crippen LogP contribution in [0.4, 0.5) is 10.5 Å². The van der Waals surface area contributed by atoms with Gasteiger partial charge < -0.3 is 19.7 Å². The predicted octanol–water partition coefficient (Wildman–Crippen LogP) is 4.69. The zero-order valence-electron chi connectivity index (χ0n) is 22.7. The van der Waals surface area contributed by atoms with E-state index < -0.39 is 17.1 Å². The number of likely N-dealkylation sites (tertiary alicyclic amines) is 1. The molecule has 2 fully saturated rings. The van der Waals surface area contributed by atoms with Crippen molar-refractivity contribution in [2.45, 2.75) is 40.5 Å². The number of anilines is 1. The summed E-state index contributed by atoms with van der Waals surface area (Å²) in [6.45, 7) is 9.04. The molecule has 2 aliphatic heterocycles. The highest BCUT2D eigenvalue weighted by atomic mass is 32.2. The maximum Gasteiger partial charge on any atom is 0.294 e. The number of ether oxygens (including phenoxy) is 2. The van der Waals surface area contributed by atoms with E-state index in [4.69, 9.17) is 9.47 Å². The molecule has 0 unspecified atom stereocenters. The lowest BCUT2D eigenvalue weighted by molar-refractivity contribution is -0.132. The predicted molar refractivity (Wildman–Crippen MR) is 151 cm³/mol. The highest BCUT2D eigenvalue weighted by Gasteiger charge is 2.36. The van der Waals surface area contributed by atoms with Crippen molar-refractivity contribution in [2.24, 2.45) is 0 Å². The molecular formula is C29H33N3O6S. The third-order valence-electron chi connectivity index (χ3n) is 6.49. The third kappa shape index (κ3) is 6.81. The molecule has 0 spiro atoms. The van der Waals surface area contributed by atoms with Gasteiger partial charge in [-0.25, -0.2) is 0 Å². The molecule has 0 aromatic heterocycles. The maximum atomic E-state index is 13.0. The molecule has 2 aromatic carbocycles. The number of aryl methyl sites for hydroxylation is 3. The normalized spacial score (nSPS) is 16.3. The number of carbonyl (C=O) groups is 4. The van der Waals surface area contributed by atoms with Crippen LogP contribution in [0.2, 0.25) is 0 Å². The summed E-state index contributed by atoms with van der Waals surface area (Å²) < 4.78 is 11.4. The summed E-state index contributed by atoms with van der Waals surface area (Å²) in [4.78, 5) is 53.6. The van der Waals surface area contributed by atoms with Gasteiger partial charge in [0, 0.05) is 18.8 Å². The number of amides is 4. The van der Waals surface area contributed by atoms with E-state index in [-0.39, 0.29) is 24.0 Å². The van der Waals surface area contributed by atoms with Gasteiger partial charge in [0.05, 0.1) is 11.5 Å². The van der Waals surface area contributed by atoms with Gasteiger partial charge in [-0.3, -0.25) is 24.1 Å². The van der Waals surface area contributed by atoms with Crippen molar-refractivity contribution in [3.05, 3.63) is 57.5 Å². The molecule has 0 bridgehead atoms. The van der Waals surface area contributed by atoms with Gasteiger partial charge >= 0.3 is 0 Å². The molecule has 4 rings (SSSR count). The smallest absolute Gasteiger partial charge is 0.294 e. The van der Waals surface area contributed by atoms with Crippen molar-refractivity contribution in [3.8, 4) is 11.5 Å². The molecule has 10 heteroatoms. The van der Waals surface area contributed by atoms with E-state index >= 15 is 0 Å². The van der Waals surface area contributed by atoms with Crippen LogP contribution in [0.25, 0.3) is 6.08 Å². The monoisotopic (exact) mass is 551 g/mol. The second-order valence-electron chi connectivity index (χ2n) is 9.61. The zero-order chi connectivity index (χ0) is 28.1. The van der Waals surface area contributed by atoms with Crippen molar-refractivity contribution in [2.75, 3.05) is 38.2 Å². The highest BCUT2D eigenvalue weighted by molar-refractivity contribution is 8.18. The van der Waals surface area contributed by atoms with Crippen LogP contribution < -0.4 is 14.8 Å². The molecule has 1 N–H and O–H groups in total. The highest BCUT2D eigenvalue weighted by Crippen LogP contribution is 2.35. The zero-order valence-corrected chi connectivity index (χ0v) is 23.5. The summed E-state index contributed by atoms with van der Waals surface area (Å²) in [5.74, 6) is -0.190. The van der Waals surface area contributed by atoms with E-state index in [1.807, 2.05) is 39.8 Å². The summed E-state index contributed by atoms with van der Waals surface area (Å²) in [6, 6.07) is 9.02. The lowest BCUT2D eigenvalue weighted by Gasteiger charge is -2.17. The van der Waals surface area contributed by atoms with Crippen molar-refractivity contribution in [3.63, 3.8) is 0 Å². The Kier molecular flexibility index (Phi) is 8.96. The second kappa shape index (κ2) is 12.4. The Morgan fingerprint density at radius 1 is 1.00 bits per heavy atom. The molecule has 0 aliphatic carbocycles. The first-order chi connectivity index (χ1) is 18.7. The Labute approximate surface area is 232 Å². The van der Waals surface area contributed by atoms with Gasteiger partial charge in [-0.15, -0.1) is 0 Å². The van der Waals surface area contributed by atoms with Gasteiger partial charge in [0.15, 0.2) is 18.1 Å². The minimum absolute atomic E-state index is 0.0653. The number of imide groups is 1. The molecule has 2 heterocycles. The Morgan fingerprint density at radius 2 is 1.69 bits per heavy atom. The Morgan fingerprint density at radius 3 is 2.36 bits per heavy atom. The minimum Gasteiger partial charge on any atom is -0.490 e. The molecule has 206 valence electrons. The van der Waals surface area contributed by atoms with Crippen molar-refractivity contribution in [1.29, 1.82) is 0 Å². The first kappa shape index (κ1) is 28.2. The standard InChI is InChI=1S/C29H33N3O6S/c1-5-37-23-14-21(8-9-22(23)38-17-26(34)31-10-6-7-11-31)15-24-28(35)32(29(36)39-24)16-25(33)30-27-19(3)12-18(2)13-20(27)4/h8-9,12-15H,5-7,10-11,16-17H2,1-4H3,(H,30,33)/b24-15-. The van der Waals surface area contributed by atoms with Crippen LogP contribution in [0.15, 0.2) is 35.2 Å². The molecule has 4 amide bonds. The molecule has 2 saturated heterocycles. The summed E-state index contributed by atoms with van der Waals surface area (Å²) in [6.07, 6.45) is 3.60. The average Bonchev–Trinajstić information content (AvgIpc) is 3.51. The number of thioether (sulfide) groups is 1. The van der Waals surface area contributed by atoms with E-state index in [9.17, 15) is 19.2 Å². The van der Waals surface area contributed by atoms with Gasteiger partial charge in [0.1, 0.15) is 6.54 Å². The van der Waals surface area contributed by atoms with Gasteiger partial charge in [0.2, 0.25) is 5.91 Å². The van der Waals surface area contributed by atoms with Crippen molar-refractivity contribution in [1.82, 2.24) is 9.80 Å². The van der Waals surface area contributed by atoms with E-state index in [1.54, 1.807) is 29.2 Å². The number of benzene rings is 2. The summed E-state index contributed by atoms with van der Waals surface area (Å²) >= 11 is 0.781. The van der Waals surface area contributed by atoms with Gasteiger partial charge in [-0.05, 0) is 87.2 Å². The number of hydrogen-bond donors (Lipinski definition) is 1. The summed E-state index contributed by atoms with van der Waals surface area (Å²) in [5.41, 5.74) is 4.21. The lowest BCUT2D eigenvalue weighted by Crippen LogP contribution is -2.36. The van der Waals surface area contributed by atoms with E-state index in [2.05, 4.69) is 5.32 Å². The van der Waals surface area contributed by atoms with Crippen molar-refractivity contribution < 1.29 is 28.7 Å². The number of carbonyl (C=O) groups excluding carboxylic acids is 4. The molecule has 2 aromatic rings. The van der Waals surface area contributed by atoms with Gasteiger partial charge in [0.25, 0.3) is 17.1 Å². The number of nitrogens with one attached hydrogen (secondary N) is 1. The first-order valence-electron chi connectivity index (χ1n) is 13.0. The van der Waals surface area contributed by atoms with Crippen LogP contribution in [0.1, 0.15) is 42.0 Å². The number of nitrogens with zero attached hydrogens (tertiary/aromatic N) is 2. The lowest BCUT2D eigenvalue weighted by atomic mass is 10.1. The molecule has 2 aliphatic rings. The van der Waals surface area contributed by atoms with Crippen LogP contribution in [-0.4, -0.2) is 65.6 Å². The SMILES string of the molecule is CCOc1cc(/C=C2\SC(=O)N(CC(=O)Nc3c(C)cc(C)cc3C)C2=O)ccc1OCC(=O)N1CCCC1. The maximum absolute atomic E-state index is 13.0. The topological polar surface area (TPSA) is 105 Å². The van der Waals surface area contributed by atoms with Crippen LogP contribution in [0, 0.1) is 20.8 Å². The van der Waals surface area contributed by atoms with Crippen molar-refractivity contribution >= 4 is 46.5 Å². The minimum atomic E-state index is -0.535. The van der Waals surface area contributed by atoms with Gasteiger partial charge in [-0.2, -0.15) is 0 Å². The van der Waals surface area contributed by atoms with Gasteiger partial charge in [-0.1, -0.05) is 23.8 Å². The van der Waals surface area contributed by atoms with E-state index in [0.29, 0.717) is 29.4 Å². The first-order valence-corrected chi connectivity index (χ1v) is 13.8. The van der Waals surface area contributed by atoms with Crippen LogP contribution in [-0.2, 0) is 14.4 Å². The molecule has 9 nitrogen and oxygen atoms in total. The summed E-state index contributed by atoms with van der Waals surface area (Å²) in [5, 5.41) is 2.32. The molecular weight excluding hydrogens is 518 g/mol. The molecule has 0 saturated carbocycles. The largest absolute Gasteiger partial charge is 0.490 e. The summed E-state index contributed by atoms with van der Waals surface area (Å²) in [7, 11) is 0. The molecule has 39 heavy (non-hydrogen) atoms. The Bertz CT molecular complexity index is 1310. The fourth-order valence-electron chi connectivity index (χ4n) is 4.69. The van der Waals surface area contributed by atoms with Crippen LogP contribution >= 0.6 is 11.8 Å². The fourth-order valence-corrected chi connectivity index (χ4v) is 5.52. The second-order valence-corrected chi connectivity index (χ2v) is 10.6. The van der Waals surface area contributed by atoms with E-state index in [1.165, 1.54) is 0 Å². The third-order valence-corrected chi connectivity index (χ3v) is 7.40. The molecule has 0 radical (unpaired) electrons. The van der Waals surface area contributed by atoms with Crippen LogP contribution in [0.3, 0.4) is 0 Å². The number of rotatable bonds is 9.